The van der Waals surface area contributed by atoms with Crippen LogP contribution < -0.4 is 0 Å². The molecule has 3 heterocycles. The van der Waals surface area contributed by atoms with Crippen molar-refractivity contribution in [1.29, 1.82) is 0 Å². The van der Waals surface area contributed by atoms with Crippen LogP contribution in [-0.2, 0) is 19.5 Å². The number of rotatable bonds is 3. The molecule has 4 rings (SSSR count). The first-order valence-electron chi connectivity index (χ1n) is 8.12. The summed E-state index contributed by atoms with van der Waals surface area (Å²) in [6.07, 6.45) is 0.968. The number of hydrogen-bond donors (Lipinski definition) is 0. The highest BCUT2D eigenvalue weighted by molar-refractivity contribution is 6.31. The molecule has 124 valence electrons. The summed E-state index contributed by atoms with van der Waals surface area (Å²) in [5.74, 6) is 2.93. The second kappa shape index (κ2) is 6.11. The monoisotopic (exact) mass is 342 g/mol. The van der Waals surface area contributed by atoms with Gasteiger partial charge in [0.05, 0.1) is 5.69 Å². The Morgan fingerprint density at radius 1 is 1.17 bits per heavy atom. The van der Waals surface area contributed by atoms with Gasteiger partial charge in [-0.25, -0.2) is 4.98 Å². The van der Waals surface area contributed by atoms with Gasteiger partial charge in [-0.15, -0.1) is 0 Å². The maximum absolute atomic E-state index is 6.29. The van der Waals surface area contributed by atoms with Gasteiger partial charge in [-0.05, 0) is 49.6 Å². The highest BCUT2D eigenvalue weighted by Gasteiger charge is 2.21. The number of benzene rings is 1. The summed E-state index contributed by atoms with van der Waals surface area (Å²) in [5, 5.41) is 0.875. The maximum Gasteiger partial charge on any atom is 0.263 e. The fraction of sp³-hybridized carbons (Fsp3) is 0.316. The van der Waals surface area contributed by atoms with Gasteiger partial charge in [0.2, 0.25) is 0 Å². The second-order valence-corrected chi connectivity index (χ2v) is 6.68. The fourth-order valence-electron chi connectivity index (χ4n) is 3.20. The number of furan rings is 1. The van der Waals surface area contributed by atoms with Crippen LogP contribution in [-0.4, -0.2) is 16.4 Å². The van der Waals surface area contributed by atoms with E-state index in [4.69, 9.17) is 20.4 Å². The van der Waals surface area contributed by atoms with Crippen molar-refractivity contribution in [2.24, 2.45) is 0 Å². The summed E-state index contributed by atoms with van der Waals surface area (Å²) in [7, 11) is 0. The van der Waals surface area contributed by atoms with Gasteiger partial charge < -0.3 is 8.83 Å². The third-order valence-electron chi connectivity index (χ3n) is 4.51. The van der Waals surface area contributed by atoms with Crippen LogP contribution in [0, 0.1) is 13.8 Å². The molecule has 0 bridgehead atoms. The summed E-state index contributed by atoms with van der Waals surface area (Å²) in [4.78, 5) is 7.01. The molecule has 0 radical (unpaired) electrons. The molecule has 0 atom stereocenters. The standard InChI is InChI=1S/C19H19ClN2O2/c1-12-6-7-18(23-12)19-21-17(13(2)24-19)11-22-9-8-15-14(10-22)4-3-5-16(15)20/h3-7H,8-11H2,1-2H3. The Bertz CT molecular complexity index is 881. The van der Waals surface area contributed by atoms with Crippen LogP contribution in [0.15, 0.2) is 39.2 Å². The number of nitrogens with zero attached hydrogens (tertiary/aromatic N) is 2. The first-order chi connectivity index (χ1) is 11.6. The SMILES string of the molecule is Cc1ccc(-c2nc(CN3CCc4c(Cl)cccc4C3)c(C)o2)o1. The van der Waals surface area contributed by atoms with E-state index in [0.717, 1.165) is 48.3 Å². The number of fused-ring (bicyclic) bond motifs is 1. The highest BCUT2D eigenvalue weighted by Crippen LogP contribution is 2.28. The quantitative estimate of drug-likeness (QED) is 0.688. The third-order valence-corrected chi connectivity index (χ3v) is 4.86. The Morgan fingerprint density at radius 3 is 2.83 bits per heavy atom. The molecule has 0 unspecified atom stereocenters. The molecule has 4 nitrogen and oxygen atoms in total. The zero-order valence-electron chi connectivity index (χ0n) is 13.8. The van der Waals surface area contributed by atoms with Gasteiger partial charge in [0, 0.05) is 24.7 Å². The van der Waals surface area contributed by atoms with Crippen LogP contribution in [0.2, 0.25) is 5.02 Å². The summed E-state index contributed by atoms with van der Waals surface area (Å²) in [6.45, 7) is 6.49. The third kappa shape index (κ3) is 2.87. The topological polar surface area (TPSA) is 42.4 Å². The van der Waals surface area contributed by atoms with Crippen molar-refractivity contribution in [3.8, 4) is 11.7 Å². The van der Waals surface area contributed by atoms with Crippen LogP contribution in [0.25, 0.3) is 11.7 Å². The number of oxazole rings is 1. The molecule has 0 saturated carbocycles. The van der Waals surface area contributed by atoms with E-state index >= 15 is 0 Å². The largest absolute Gasteiger partial charge is 0.456 e. The van der Waals surface area contributed by atoms with Gasteiger partial charge >= 0.3 is 0 Å². The predicted molar refractivity (Wildman–Crippen MR) is 92.9 cm³/mol. The Labute approximate surface area is 146 Å². The Hall–Kier alpha value is -2.04. The first kappa shape index (κ1) is 15.5. The van der Waals surface area contributed by atoms with Crippen molar-refractivity contribution >= 4 is 11.6 Å². The highest BCUT2D eigenvalue weighted by atomic mass is 35.5. The van der Waals surface area contributed by atoms with Crippen molar-refractivity contribution in [3.63, 3.8) is 0 Å². The minimum atomic E-state index is 0.552. The van der Waals surface area contributed by atoms with Crippen LogP contribution in [0.3, 0.4) is 0 Å². The Balaban J connectivity index is 1.53. The van der Waals surface area contributed by atoms with E-state index in [0.29, 0.717) is 11.7 Å². The molecule has 2 aromatic heterocycles. The van der Waals surface area contributed by atoms with E-state index in [9.17, 15) is 0 Å². The maximum atomic E-state index is 6.29. The fourth-order valence-corrected chi connectivity index (χ4v) is 3.49. The minimum Gasteiger partial charge on any atom is -0.456 e. The zero-order chi connectivity index (χ0) is 16.7. The minimum absolute atomic E-state index is 0.552. The molecule has 0 N–H and O–H groups in total. The number of aryl methyl sites for hydroxylation is 2. The number of halogens is 1. The van der Waals surface area contributed by atoms with E-state index < -0.39 is 0 Å². The van der Waals surface area contributed by atoms with Gasteiger partial charge in [-0.2, -0.15) is 0 Å². The van der Waals surface area contributed by atoms with E-state index in [1.807, 2.05) is 38.1 Å². The molecule has 1 aliphatic rings. The molecule has 0 fully saturated rings. The Kier molecular flexibility index (Phi) is 3.94. The van der Waals surface area contributed by atoms with Crippen LogP contribution >= 0.6 is 11.6 Å². The molecule has 0 spiro atoms. The lowest BCUT2D eigenvalue weighted by molar-refractivity contribution is 0.242. The summed E-state index contributed by atoms with van der Waals surface area (Å²) < 4.78 is 11.4. The molecular weight excluding hydrogens is 324 g/mol. The predicted octanol–water partition coefficient (Wildman–Crippen LogP) is 4.76. The summed E-state index contributed by atoms with van der Waals surface area (Å²) >= 11 is 6.29. The number of hydrogen-bond acceptors (Lipinski definition) is 4. The van der Waals surface area contributed by atoms with E-state index in [-0.39, 0.29) is 0 Å². The summed E-state index contributed by atoms with van der Waals surface area (Å²) in [5.41, 5.74) is 3.54. The van der Waals surface area contributed by atoms with Crippen molar-refractivity contribution in [1.82, 2.24) is 9.88 Å². The van der Waals surface area contributed by atoms with Gasteiger partial charge in [-0.3, -0.25) is 4.90 Å². The molecule has 0 aliphatic carbocycles. The smallest absolute Gasteiger partial charge is 0.263 e. The number of aromatic nitrogens is 1. The van der Waals surface area contributed by atoms with Gasteiger partial charge in [0.15, 0.2) is 5.76 Å². The van der Waals surface area contributed by atoms with E-state index in [1.54, 1.807) is 0 Å². The van der Waals surface area contributed by atoms with Crippen LogP contribution in [0.4, 0.5) is 0 Å². The molecule has 24 heavy (non-hydrogen) atoms. The van der Waals surface area contributed by atoms with Gasteiger partial charge in [0.25, 0.3) is 5.89 Å². The van der Waals surface area contributed by atoms with Crippen molar-refractivity contribution in [2.45, 2.75) is 33.4 Å². The molecule has 0 saturated heterocycles. The molecular formula is C19H19ClN2O2. The Morgan fingerprint density at radius 2 is 2.04 bits per heavy atom. The molecule has 1 aliphatic heterocycles. The average molecular weight is 343 g/mol. The molecule has 3 aromatic rings. The van der Waals surface area contributed by atoms with Crippen LogP contribution in [0.5, 0.6) is 0 Å². The van der Waals surface area contributed by atoms with E-state index in [2.05, 4.69) is 16.0 Å². The van der Waals surface area contributed by atoms with Gasteiger partial charge in [0.1, 0.15) is 11.5 Å². The average Bonchev–Trinajstić information content (AvgIpc) is 3.14. The van der Waals surface area contributed by atoms with Gasteiger partial charge in [-0.1, -0.05) is 23.7 Å². The lowest BCUT2D eigenvalue weighted by atomic mass is 9.99. The van der Waals surface area contributed by atoms with Crippen molar-refractivity contribution in [3.05, 3.63) is 63.7 Å². The summed E-state index contributed by atoms with van der Waals surface area (Å²) in [6, 6.07) is 9.95. The normalized spacial score (nSPS) is 14.8. The molecule has 0 amide bonds. The zero-order valence-corrected chi connectivity index (χ0v) is 14.6. The lowest BCUT2D eigenvalue weighted by Crippen LogP contribution is -2.30. The first-order valence-corrected chi connectivity index (χ1v) is 8.49. The van der Waals surface area contributed by atoms with Crippen LogP contribution in [0.1, 0.15) is 28.3 Å². The molecule has 1 aromatic carbocycles. The van der Waals surface area contributed by atoms with Crippen molar-refractivity contribution < 1.29 is 8.83 Å². The van der Waals surface area contributed by atoms with Crippen molar-refractivity contribution in [2.75, 3.05) is 6.54 Å². The van der Waals surface area contributed by atoms with E-state index in [1.165, 1.54) is 11.1 Å². The lowest BCUT2D eigenvalue weighted by Gasteiger charge is -2.28. The second-order valence-electron chi connectivity index (χ2n) is 6.27. The molecule has 5 heteroatoms.